The molecule has 176 valence electrons. The van der Waals surface area contributed by atoms with Crippen LogP contribution in [0.25, 0.3) is 5.78 Å². The number of hydrogen-bond donors (Lipinski definition) is 0. The summed E-state index contributed by atoms with van der Waals surface area (Å²) in [6.07, 6.45) is 4.89. The molecule has 0 spiro atoms. The second-order valence-corrected chi connectivity index (χ2v) is 9.21. The van der Waals surface area contributed by atoms with Crippen molar-refractivity contribution in [3.63, 3.8) is 0 Å². The number of aromatic nitrogens is 6. The molecule has 0 amide bonds. The fourth-order valence-electron chi connectivity index (χ4n) is 4.12. The first-order valence-corrected chi connectivity index (χ1v) is 12.1. The molecule has 9 nitrogen and oxygen atoms in total. The number of nitrogens with zero attached hydrogens (tertiary/aromatic N) is 7. The third kappa shape index (κ3) is 4.44. The van der Waals surface area contributed by atoms with E-state index in [0.717, 1.165) is 36.0 Å². The van der Waals surface area contributed by atoms with Crippen molar-refractivity contribution < 1.29 is 8.91 Å². The molecule has 1 aliphatic heterocycles. The first-order chi connectivity index (χ1) is 16.5. The average Bonchev–Trinajstić information content (AvgIpc) is 3.55. The molecule has 1 aliphatic rings. The molecule has 0 atom stereocenters. The van der Waals surface area contributed by atoms with Crippen LogP contribution in [-0.2, 0) is 32.2 Å². The van der Waals surface area contributed by atoms with Gasteiger partial charge in [0.15, 0.2) is 5.82 Å². The number of benzene rings is 1. The van der Waals surface area contributed by atoms with E-state index in [1.807, 2.05) is 4.57 Å². The molecule has 0 bridgehead atoms. The second kappa shape index (κ2) is 9.57. The fraction of sp³-hybridized carbons (Fsp3) is 0.391. The Balaban J connectivity index is 1.38. The van der Waals surface area contributed by atoms with Gasteiger partial charge in [-0.25, -0.2) is 13.8 Å². The molecule has 4 aromatic rings. The quantitative estimate of drug-likeness (QED) is 0.305. The Bertz CT molecular complexity index is 1420. The SMILES string of the molecule is CCCCCn1c2c(c(=O)n3c(CCc4nc(Cc5ccc(F)cc5)no4)nnc13)CC(Br)=N2. The van der Waals surface area contributed by atoms with Crippen LogP contribution in [0.5, 0.6) is 0 Å². The fourth-order valence-corrected chi connectivity index (χ4v) is 4.56. The number of fused-ring (bicyclic) bond motifs is 2. The predicted molar refractivity (Wildman–Crippen MR) is 127 cm³/mol. The first-order valence-electron chi connectivity index (χ1n) is 11.3. The Labute approximate surface area is 202 Å². The molecule has 0 N–H and O–H groups in total. The number of rotatable bonds is 9. The lowest BCUT2D eigenvalue weighted by atomic mass is 10.1. The zero-order valence-corrected chi connectivity index (χ0v) is 20.3. The van der Waals surface area contributed by atoms with E-state index in [1.54, 1.807) is 16.5 Å². The molecule has 0 radical (unpaired) electrons. The number of aliphatic imine (C=N–C) groups is 1. The summed E-state index contributed by atoms with van der Waals surface area (Å²) in [7, 11) is 0. The first kappa shape index (κ1) is 22.6. The van der Waals surface area contributed by atoms with Gasteiger partial charge >= 0.3 is 0 Å². The molecule has 5 rings (SSSR count). The van der Waals surface area contributed by atoms with E-state index in [9.17, 15) is 9.18 Å². The van der Waals surface area contributed by atoms with Crippen molar-refractivity contribution in [3.05, 3.63) is 69.1 Å². The van der Waals surface area contributed by atoms with Crippen LogP contribution in [0.4, 0.5) is 10.2 Å². The van der Waals surface area contributed by atoms with Crippen LogP contribution < -0.4 is 5.56 Å². The maximum absolute atomic E-state index is 13.3. The lowest BCUT2D eigenvalue weighted by molar-refractivity contribution is 0.373. The standard InChI is InChI=1S/C23H23BrFN7O2/c1-2-3-4-11-31-21-16(13-17(24)26-21)22(33)32-19(28-29-23(31)32)9-10-20-27-18(30-34-20)12-14-5-7-15(25)8-6-14/h5-8H,2-4,9-13H2,1H3. The van der Waals surface area contributed by atoms with Gasteiger partial charge in [-0.05, 0) is 40.0 Å². The summed E-state index contributed by atoms with van der Waals surface area (Å²) in [6, 6.07) is 6.20. The Kier molecular flexibility index (Phi) is 6.36. The van der Waals surface area contributed by atoms with Crippen LogP contribution >= 0.6 is 15.9 Å². The number of hydrogen-bond acceptors (Lipinski definition) is 7. The van der Waals surface area contributed by atoms with Crippen molar-refractivity contribution >= 4 is 32.1 Å². The van der Waals surface area contributed by atoms with Crippen LogP contribution in [0.3, 0.4) is 0 Å². The van der Waals surface area contributed by atoms with Gasteiger partial charge in [0.2, 0.25) is 11.7 Å². The van der Waals surface area contributed by atoms with E-state index in [2.05, 4.69) is 48.2 Å². The average molecular weight is 528 g/mol. The third-order valence-corrected chi connectivity index (χ3v) is 6.28. The highest BCUT2D eigenvalue weighted by Gasteiger charge is 2.25. The smallest absolute Gasteiger partial charge is 0.266 e. The van der Waals surface area contributed by atoms with Gasteiger partial charge < -0.3 is 4.52 Å². The lowest BCUT2D eigenvalue weighted by Gasteiger charge is -2.12. The summed E-state index contributed by atoms with van der Waals surface area (Å²) in [6.45, 7) is 2.87. The van der Waals surface area contributed by atoms with Gasteiger partial charge in [-0.1, -0.05) is 37.1 Å². The lowest BCUT2D eigenvalue weighted by Crippen LogP contribution is -2.24. The second-order valence-electron chi connectivity index (χ2n) is 8.29. The summed E-state index contributed by atoms with van der Waals surface area (Å²) < 4.78 is 22.8. The molecule has 1 aromatic carbocycles. The molecule has 4 heterocycles. The van der Waals surface area contributed by atoms with Crippen LogP contribution in [0.2, 0.25) is 0 Å². The van der Waals surface area contributed by atoms with E-state index < -0.39 is 0 Å². The molecule has 11 heteroatoms. The Morgan fingerprint density at radius 1 is 1.15 bits per heavy atom. The van der Waals surface area contributed by atoms with Crippen molar-refractivity contribution in [2.24, 2.45) is 4.99 Å². The maximum Gasteiger partial charge on any atom is 0.266 e. The van der Waals surface area contributed by atoms with Gasteiger partial charge in [0, 0.05) is 32.2 Å². The van der Waals surface area contributed by atoms with Crippen molar-refractivity contribution in [1.82, 2.24) is 29.3 Å². The van der Waals surface area contributed by atoms with E-state index in [1.165, 1.54) is 12.1 Å². The summed E-state index contributed by atoms with van der Waals surface area (Å²) in [5.41, 5.74) is 1.40. The van der Waals surface area contributed by atoms with Gasteiger partial charge in [-0.15, -0.1) is 10.2 Å². The largest absolute Gasteiger partial charge is 0.339 e. The number of unbranched alkanes of at least 4 members (excludes halogenated alkanes) is 2. The van der Waals surface area contributed by atoms with Gasteiger partial charge in [-0.2, -0.15) is 4.98 Å². The highest BCUT2D eigenvalue weighted by molar-refractivity contribution is 9.18. The summed E-state index contributed by atoms with van der Waals surface area (Å²) in [4.78, 5) is 22.2. The highest BCUT2D eigenvalue weighted by atomic mass is 79.9. The molecule has 0 saturated heterocycles. The molecular weight excluding hydrogens is 505 g/mol. The molecule has 0 fully saturated rings. The summed E-state index contributed by atoms with van der Waals surface area (Å²) >= 11 is 3.45. The van der Waals surface area contributed by atoms with Crippen LogP contribution in [-0.4, -0.2) is 33.9 Å². The molecule has 3 aromatic heterocycles. The van der Waals surface area contributed by atoms with Gasteiger partial charge in [-0.3, -0.25) is 9.36 Å². The highest BCUT2D eigenvalue weighted by Crippen LogP contribution is 2.28. The Morgan fingerprint density at radius 2 is 1.97 bits per heavy atom. The minimum atomic E-state index is -0.285. The normalized spacial score (nSPS) is 13.0. The molecular formula is C23H23BrFN7O2. The molecule has 34 heavy (non-hydrogen) atoms. The number of halogens is 2. The van der Waals surface area contributed by atoms with Gasteiger partial charge in [0.25, 0.3) is 5.56 Å². The van der Waals surface area contributed by atoms with Crippen molar-refractivity contribution in [2.45, 2.75) is 58.4 Å². The summed E-state index contributed by atoms with van der Waals surface area (Å²) in [5, 5.41) is 12.7. The van der Waals surface area contributed by atoms with Crippen LogP contribution in [0.15, 0.2) is 38.6 Å². The van der Waals surface area contributed by atoms with Crippen molar-refractivity contribution in [3.8, 4) is 0 Å². The van der Waals surface area contributed by atoms with Crippen LogP contribution in [0, 0.1) is 5.82 Å². The predicted octanol–water partition coefficient (Wildman–Crippen LogP) is 3.96. The van der Waals surface area contributed by atoms with E-state index >= 15 is 0 Å². The minimum Gasteiger partial charge on any atom is -0.339 e. The zero-order chi connectivity index (χ0) is 23.7. The molecule has 0 unspecified atom stereocenters. The van der Waals surface area contributed by atoms with E-state index in [0.29, 0.717) is 60.4 Å². The Morgan fingerprint density at radius 3 is 2.76 bits per heavy atom. The minimum absolute atomic E-state index is 0.141. The molecule has 0 saturated carbocycles. The third-order valence-electron chi connectivity index (χ3n) is 5.82. The van der Waals surface area contributed by atoms with Gasteiger partial charge in [0.1, 0.15) is 17.5 Å². The van der Waals surface area contributed by atoms with Gasteiger partial charge in [0.05, 0.1) is 10.2 Å². The zero-order valence-electron chi connectivity index (χ0n) is 18.7. The Hall–Kier alpha value is -3.21. The van der Waals surface area contributed by atoms with Crippen molar-refractivity contribution in [2.75, 3.05) is 0 Å². The van der Waals surface area contributed by atoms with Crippen LogP contribution in [0.1, 0.15) is 54.9 Å². The van der Waals surface area contributed by atoms with E-state index in [4.69, 9.17) is 4.52 Å². The maximum atomic E-state index is 13.3. The summed E-state index contributed by atoms with van der Waals surface area (Å²) in [5.74, 6) is 2.40. The molecule has 0 aliphatic carbocycles. The van der Waals surface area contributed by atoms with E-state index in [-0.39, 0.29) is 11.4 Å². The number of aryl methyl sites for hydroxylation is 3. The topological polar surface area (TPSA) is 103 Å². The van der Waals surface area contributed by atoms with Crippen molar-refractivity contribution in [1.29, 1.82) is 0 Å². The monoisotopic (exact) mass is 527 g/mol.